The second-order valence-electron chi connectivity index (χ2n) is 6.89. The average molecular weight is 271 g/mol. The zero-order chi connectivity index (χ0) is 14.2. The zero-order valence-corrected chi connectivity index (χ0v) is 12.8. The van der Waals surface area contributed by atoms with Gasteiger partial charge in [0.1, 0.15) is 5.82 Å². The molecular formula is C17H25N3. The highest BCUT2D eigenvalue weighted by Gasteiger charge is 2.22. The third kappa shape index (κ3) is 2.59. The summed E-state index contributed by atoms with van der Waals surface area (Å²) in [6, 6.07) is 9.13. The molecule has 1 aliphatic carbocycles. The van der Waals surface area contributed by atoms with Crippen molar-refractivity contribution >= 4 is 11.0 Å². The third-order valence-electron chi connectivity index (χ3n) is 4.21. The molecule has 0 amide bonds. The Hall–Kier alpha value is -1.35. The second kappa shape index (κ2) is 5.21. The molecule has 1 N–H and O–H groups in total. The van der Waals surface area contributed by atoms with Crippen molar-refractivity contribution in [3.63, 3.8) is 0 Å². The van der Waals surface area contributed by atoms with Crippen LogP contribution in [0.1, 0.15) is 52.3 Å². The zero-order valence-electron chi connectivity index (χ0n) is 12.8. The van der Waals surface area contributed by atoms with E-state index < -0.39 is 0 Å². The summed E-state index contributed by atoms with van der Waals surface area (Å²) in [6.07, 6.45) is 5.37. The van der Waals surface area contributed by atoms with E-state index >= 15 is 0 Å². The van der Waals surface area contributed by atoms with Gasteiger partial charge in [0.15, 0.2) is 0 Å². The van der Waals surface area contributed by atoms with Crippen LogP contribution < -0.4 is 5.32 Å². The van der Waals surface area contributed by atoms with Crippen molar-refractivity contribution in [1.82, 2.24) is 14.9 Å². The first-order valence-electron chi connectivity index (χ1n) is 7.76. The molecule has 0 radical (unpaired) electrons. The van der Waals surface area contributed by atoms with E-state index in [2.05, 4.69) is 54.9 Å². The molecule has 2 aromatic rings. The van der Waals surface area contributed by atoms with Crippen LogP contribution in [0.25, 0.3) is 11.0 Å². The largest absolute Gasteiger partial charge is 0.322 e. The van der Waals surface area contributed by atoms with E-state index in [1.165, 1.54) is 31.2 Å². The minimum atomic E-state index is 0.0583. The van der Waals surface area contributed by atoms with E-state index in [0.29, 0.717) is 6.04 Å². The molecule has 1 aromatic carbocycles. The quantitative estimate of drug-likeness (QED) is 0.919. The third-order valence-corrected chi connectivity index (χ3v) is 4.21. The molecule has 0 bridgehead atoms. The predicted molar refractivity (Wildman–Crippen MR) is 83.8 cm³/mol. The van der Waals surface area contributed by atoms with Crippen LogP contribution >= 0.6 is 0 Å². The van der Waals surface area contributed by atoms with E-state index in [-0.39, 0.29) is 5.54 Å². The van der Waals surface area contributed by atoms with E-state index in [0.717, 1.165) is 17.9 Å². The summed E-state index contributed by atoms with van der Waals surface area (Å²) in [4.78, 5) is 4.84. The van der Waals surface area contributed by atoms with Gasteiger partial charge in [0.2, 0.25) is 0 Å². The second-order valence-corrected chi connectivity index (χ2v) is 6.89. The van der Waals surface area contributed by atoms with Crippen molar-refractivity contribution in [3.05, 3.63) is 30.1 Å². The van der Waals surface area contributed by atoms with Gasteiger partial charge in [-0.2, -0.15) is 0 Å². The van der Waals surface area contributed by atoms with Gasteiger partial charge in [-0.3, -0.25) is 0 Å². The molecule has 0 spiro atoms. The number of para-hydroxylation sites is 2. The fraction of sp³-hybridized carbons (Fsp3) is 0.588. The lowest BCUT2D eigenvalue weighted by atomic mass is 10.1. The van der Waals surface area contributed by atoms with Gasteiger partial charge in [-0.25, -0.2) is 4.98 Å². The van der Waals surface area contributed by atoms with Crippen molar-refractivity contribution in [2.24, 2.45) is 0 Å². The molecule has 1 saturated carbocycles. The summed E-state index contributed by atoms with van der Waals surface area (Å²) < 4.78 is 2.38. The van der Waals surface area contributed by atoms with E-state index in [1.807, 2.05) is 0 Å². The molecule has 3 rings (SSSR count). The summed E-state index contributed by atoms with van der Waals surface area (Å²) in [5.74, 6) is 1.16. The first kappa shape index (κ1) is 13.6. The number of benzene rings is 1. The maximum atomic E-state index is 4.84. The number of hydrogen-bond acceptors (Lipinski definition) is 2. The van der Waals surface area contributed by atoms with Gasteiger partial charge in [0, 0.05) is 11.6 Å². The molecule has 0 atom stereocenters. The Kier molecular flexibility index (Phi) is 3.55. The molecule has 0 saturated heterocycles. The lowest BCUT2D eigenvalue weighted by Crippen LogP contribution is -2.30. The van der Waals surface area contributed by atoms with Crippen LogP contribution in [0, 0.1) is 0 Å². The van der Waals surface area contributed by atoms with Gasteiger partial charge < -0.3 is 9.88 Å². The van der Waals surface area contributed by atoms with Crippen molar-refractivity contribution in [1.29, 1.82) is 0 Å². The number of aromatic nitrogens is 2. The highest BCUT2D eigenvalue weighted by Crippen LogP contribution is 2.25. The number of nitrogens with one attached hydrogen (secondary N) is 1. The summed E-state index contributed by atoms with van der Waals surface area (Å²) in [5, 5.41) is 3.69. The summed E-state index contributed by atoms with van der Waals surface area (Å²) in [7, 11) is 0. The minimum Gasteiger partial charge on any atom is -0.322 e. The summed E-state index contributed by atoms with van der Waals surface area (Å²) >= 11 is 0. The number of imidazole rings is 1. The van der Waals surface area contributed by atoms with Crippen LogP contribution in [0.5, 0.6) is 0 Å². The molecule has 20 heavy (non-hydrogen) atoms. The van der Waals surface area contributed by atoms with E-state index in [9.17, 15) is 0 Å². The first-order valence-corrected chi connectivity index (χ1v) is 7.76. The van der Waals surface area contributed by atoms with E-state index in [4.69, 9.17) is 4.98 Å². The monoisotopic (exact) mass is 271 g/mol. The highest BCUT2D eigenvalue weighted by atomic mass is 15.2. The number of nitrogens with zero attached hydrogens (tertiary/aromatic N) is 2. The fourth-order valence-electron chi connectivity index (χ4n) is 3.31. The Morgan fingerprint density at radius 3 is 2.60 bits per heavy atom. The Morgan fingerprint density at radius 2 is 1.90 bits per heavy atom. The number of fused-ring (bicyclic) bond motifs is 1. The van der Waals surface area contributed by atoms with Gasteiger partial charge >= 0.3 is 0 Å². The van der Waals surface area contributed by atoms with Crippen LogP contribution in [0.4, 0.5) is 0 Å². The fourth-order valence-corrected chi connectivity index (χ4v) is 3.31. The Bertz CT molecular complexity index is 586. The van der Waals surface area contributed by atoms with Gasteiger partial charge in [-0.15, -0.1) is 0 Å². The Labute approximate surface area is 121 Å². The van der Waals surface area contributed by atoms with Gasteiger partial charge in [-0.05, 0) is 45.7 Å². The molecule has 1 fully saturated rings. The smallest absolute Gasteiger partial charge is 0.124 e. The topological polar surface area (TPSA) is 29.9 Å². The van der Waals surface area contributed by atoms with Crippen LogP contribution in [0.15, 0.2) is 24.3 Å². The Morgan fingerprint density at radius 1 is 1.20 bits per heavy atom. The maximum absolute atomic E-state index is 4.84. The molecule has 1 aliphatic rings. The molecule has 108 valence electrons. The van der Waals surface area contributed by atoms with Gasteiger partial charge in [0.05, 0.1) is 17.6 Å². The minimum absolute atomic E-state index is 0.0583. The van der Waals surface area contributed by atoms with Gasteiger partial charge in [0.25, 0.3) is 0 Å². The normalized spacial score (nSPS) is 17.1. The first-order chi connectivity index (χ1) is 9.55. The van der Waals surface area contributed by atoms with Crippen LogP contribution in [0.3, 0.4) is 0 Å². The SMILES string of the molecule is CC(C)(C)n1c(CNC2CCCC2)nc2ccccc21. The van der Waals surface area contributed by atoms with Crippen LogP contribution in [0.2, 0.25) is 0 Å². The number of hydrogen-bond donors (Lipinski definition) is 1. The Balaban J connectivity index is 1.92. The van der Waals surface area contributed by atoms with E-state index in [1.54, 1.807) is 0 Å². The average Bonchev–Trinajstić information content (AvgIpc) is 3.02. The molecule has 1 heterocycles. The highest BCUT2D eigenvalue weighted by molar-refractivity contribution is 5.76. The van der Waals surface area contributed by atoms with Gasteiger partial charge in [-0.1, -0.05) is 25.0 Å². The number of rotatable bonds is 3. The molecule has 3 heteroatoms. The van der Waals surface area contributed by atoms with Crippen LogP contribution in [-0.2, 0) is 12.1 Å². The van der Waals surface area contributed by atoms with Crippen molar-refractivity contribution < 1.29 is 0 Å². The van der Waals surface area contributed by atoms with Crippen LogP contribution in [-0.4, -0.2) is 15.6 Å². The molecular weight excluding hydrogens is 246 g/mol. The standard InChI is InChI=1S/C17H25N3/c1-17(2,3)20-15-11-7-6-10-14(15)19-16(20)12-18-13-8-4-5-9-13/h6-7,10-11,13,18H,4-5,8-9,12H2,1-3H3. The maximum Gasteiger partial charge on any atom is 0.124 e. The summed E-state index contributed by atoms with van der Waals surface area (Å²) in [6.45, 7) is 7.62. The summed E-state index contributed by atoms with van der Waals surface area (Å²) in [5.41, 5.74) is 2.40. The molecule has 1 aromatic heterocycles. The lowest BCUT2D eigenvalue weighted by molar-refractivity contribution is 0.383. The lowest BCUT2D eigenvalue weighted by Gasteiger charge is -2.25. The molecule has 3 nitrogen and oxygen atoms in total. The predicted octanol–water partition coefficient (Wildman–Crippen LogP) is 3.82. The van der Waals surface area contributed by atoms with Crippen molar-refractivity contribution in [2.75, 3.05) is 0 Å². The molecule has 0 unspecified atom stereocenters. The molecule has 0 aliphatic heterocycles. The van der Waals surface area contributed by atoms with Crippen molar-refractivity contribution in [2.45, 2.75) is 64.6 Å². The van der Waals surface area contributed by atoms with Crippen molar-refractivity contribution in [3.8, 4) is 0 Å².